The predicted molar refractivity (Wildman–Crippen MR) is 81.0 cm³/mol. The van der Waals surface area contributed by atoms with Crippen molar-refractivity contribution in [2.75, 3.05) is 18.0 Å². The Balaban J connectivity index is 3.04. The number of anilines is 1. The van der Waals surface area contributed by atoms with E-state index in [1.807, 2.05) is 23.1 Å². The van der Waals surface area contributed by atoms with Gasteiger partial charge in [-0.3, -0.25) is 4.79 Å². The first-order valence-electron chi connectivity index (χ1n) is 6.32. The third-order valence-corrected chi connectivity index (χ3v) is 3.36. The minimum absolute atomic E-state index is 0.185. The molecule has 0 heterocycles. The quantitative estimate of drug-likeness (QED) is 0.842. The molecule has 106 valence electrons. The van der Waals surface area contributed by atoms with Crippen LogP contribution < -0.4 is 10.6 Å². The van der Waals surface area contributed by atoms with Gasteiger partial charge in [0.1, 0.15) is 0 Å². The monoisotopic (exact) mass is 328 g/mol. The minimum atomic E-state index is -0.514. The average molecular weight is 329 g/mol. The van der Waals surface area contributed by atoms with Crippen LogP contribution in [0.3, 0.4) is 0 Å². The van der Waals surface area contributed by atoms with Crippen molar-refractivity contribution in [2.45, 2.75) is 26.9 Å². The number of aliphatic hydroxyl groups is 1. The zero-order valence-electron chi connectivity index (χ0n) is 11.6. The van der Waals surface area contributed by atoms with Gasteiger partial charge >= 0.3 is 0 Å². The van der Waals surface area contributed by atoms with Crippen molar-refractivity contribution >= 4 is 27.5 Å². The lowest BCUT2D eigenvalue weighted by Gasteiger charge is -2.26. The maximum Gasteiger partial charge on any atom is 0.236 e. The van der Waals surface area contributed by atoms with Crippen molar-refractivity contribution in [3.05, 3.63) is 28.2 Å². The summed E-state index contributed by atoms with van der Waals surface area (Å²) in [6.45, 7) is 6.83. The minimum Gasteiger partial charge on any atom is -0.389 e. The molecule has 1 aromatic carbocycles. The Hall–Kier alpha value is -1.07. The number of nitrogens with two attached hydrogens (primary N) is 1. The second-order valence-electron chi connectivity index (χ2n) is 5.13. The molecule has 0 unspecified atom stereocenters. The van der Waals surface area contributed by atoms with E-state index in [1.165, 1.54) is 0 Å². The molecule has 1 atom stereocenters. The predicted octanol–water partition coefficient (Wildman–Crippen LogP) is 2.45. The van der Waals surface area contributed by atoms with Gasteiger partial charge in [0.25, 0.3) is 0 Å². The second-order valence-corrected chi connectivity index (χ2v) is 5.98. The Kier molecular flexibility index (Phi) is 5.82. The third-order valence-electron chi connectivity index (χ3n) is 2.73. The van der Waals surface area contributed by atoms with E-state index >= 15 is 0 Å². The fourth-order valence-corrected chi connectivity index (χ4v) is 2.56. The Morgan fingerprint density at radius 1 is 1.42 bits per heavy atom. The first-order chi connectivity index (χ1) is 8.81. The third kappa shape index (κ3) is 4.84. The molecule has 0 spiro atoms. The van der Waals surface area contributed by atoms with Gasteiger partial charge in [0.05, 0.1) is 18.3 Å². The number of benzene rings is 1. The van der Waals surface area contributed by atoms with Gasteiger partial charge in [0.15, 0.2) is 0 Å². The molecule has 1 rings (SSSR count). The van der Waals surface area contributed by atoms with E-state index < -0.39 is 6.10 Å². The normalized spacial score (nSPS) is 12.5. The van der Waals surface area contributed by atoms with Crippen molar-refractivity contribution in [3.63, 3.8) is 0 Å². The number of carbonyl (C=O) groups excluding carboxylic acids is 1. The molecule has 0 aliphatic rings. The van der Waals surface area contributed by atoms with Gasteiger partial charge < -0.3 is 15.7 Å². The summed E-state index contributed by atoms with van der Waals surface area (Å²) in [5.41, 5.74) is 7.05. The number of hydrogen-bond donors (Lipinski definition) is 2. The van der Waals surface area contributed by atoms with Crippen LogP contribution in [0, 0.1) is 5.92 Å². The summed E-state index contributed by atoms with van der Waals surface area (Å²) in [6, 6.07) is 5.63. The van der Waals surface area contributed by atoms with Crippen molar-refractivity contribution in [3.8, 4) is 0 Å². The van der Waals surface area contributed by atoms with Gasteiger partial charge in [-0.25, -0.2) is 0 Å². The number of primary amides is 1. The summed E-state index contributed by atoms with van der Waals surface area (Å²) in [5.74, 6) is 0.0647. The Bertz CT molecular complexity index is 447. The van der Waals surface area contributed by atoms with E-state index in [1.54, 1.807) is 6.92 Å². The van der Waals surface area contributed by atoms with Crippen molar-refractivity contribution < 1.29 is 9.90 Å². The van der Waals surface area contributed by atoms with Crippen LogP contribution in [0.15, 0.2) is 22.7 Å². The molecule has 0 fully saturated rings. The van der Waals surface area contributed by atoms with Crippen molar-refractivity contribution in [1.29, 1.82) is 0 Å². The molecule has 0 aromatic heterocycles. The maximum atomic E-state index is 11.2. The van der Waals surface area contributed by atoms with E-state index in [0.29, 0.717) is 5.92 Å². The molecule has 5 heteroatoms. The van der Waals surface area contributed by atoms with Gasteiger partial charge in [-0.05, 0) is 46.5 Å². The van der Waals surface area contributed by atoms with Crippen LogP contribution in [0.1, 0.15) is 32.4 Å². The van der Waals surface area contributed by atoms with Gasteiger partial charge in [-0.2, -0.15) is 0 Å². The number of rotatable bonds is 6. The number of carbonyl (C=O) groups is 1. The molecule has 1 aromatic rings. The van der Waals surface area contributed by atoms with Crippen molar-refractivity contribution in [1.82, 2.24) is 0 Å². The van der Waals surface area contributed by atoms with Crippen LogP contribution in [-0.4, -0.2) is 24.1 Å². The molecule has 3 N–H and O–H groups in total. The molecule has 0 saturated heterocycles. The number of aliphatic hydroxyl groups excluding tert-OH is 1. The Labute approximate surface area is 122 Å². The number of hydrogen-bond acceptors (Lipinski definition) is 3. The summed E-state index contributed by atoms with van der Waals surface area (Å²) < 4.78 is 0.854. The molecular formula is C14H21BrN2O2. The molecule has 4 nitrogen and oxygen atoms in total. The van der Waals surface area contributed by atoms with Crippen LogP contribution in [0.4, 0.5) is 5.69 Å². The molecule has 0 aliphatic heterocycles. The molecule has 0 bridgehead atoms. The van der Waals surface area contributed by atoms with Crippen LogP contribution in [0.2, 0.25) is 0 Å². The molecule has 0 radical (unpaired) electrons. The molecule has 1 amide bonds. The van der Waals surface area contributed by atoms with Gasteiger partial charge in [-0.15, -0.1) is 0 Å². The van der Waals surface area contributed by atoms with Crippen LogP contribution >= 0.6 is 15.9 Å². The zero-order chi connectivity index (χ0) is 14.6. The first kappa shape index (κ1) is 16.0. The topological polar surface area (TPSA) is 66.6 Å². The lowest BCUT2D eigenvalue weighted by atomic mass is 10.1. The zero-order valence-corrected chi connectivity index (χ0v) is 13.1. The summed E-state index contributed by atoms with van der Waals surface area (Å²) in [7, 11) is 0. The highest BCUT2D eigenvalue weighted by Gasteiger charge is 2.15. The van der Waals surface area contributed by atoms with E-state index in [0.717, 1.165) is 22.3 Å². The van der Waals surface area contributed by atoms with E-state index in [2.05, 4.69) is 29.8 Å². The van der Waals surface area contributed by atoms with Crippen LogP contribution in [0.5, 0.6) is 0 Å². The molecule has 19 heavy (non-hydrogen) atoms. The standard InChI is InChI=1S/C14H21BrN2O2/c1-9(2)7-17(8-14(16)19)13-5-4-11(10(3)18)6-12(13)15/h4-6,9-10,18H,7-8H2,1-3H3,(H2,16,19)/t10-/m1/s1. The van der Waals surface area contributed by atoms with E-state index in [4.69, 9.17) is 5.73 Å². The van der Waals surface area contributed by atoms with E-state index in [-0.39, 0.29) is 12.5 Å². The smallest absolute Gasteiger partial charge is 0.236 e. The largest absolute Gasteiger partial charge is 0.389 e. The number of amides is 1. The number of nitrogens with zero attached hydrogens (tertiary/aromatic N) is 1. The fourth-order valence-electron chi connectivity index (χ4n) is 1.92. The van der Waals surface area contributed by atoms with E-state index in [9.17, 15) is 9.90 Å². The molecular weight excluding hydrogens is 308 g/mol. The lowest BCUT2D eigenvalue weighted by molar-refractivity contribution is -0.116. The van der Waals surface area contributed by atoms with Gasteiger partial charge in [-0.1, -0.05) is 19.9 Å². The van der Waals surface area contributed by atoms with Gasteiger partial charge in [0.2, 0.25) is 5.91 Å². The molecule has 0 saturated carbocycles. The van der Waals surface area contributed by atoms with Gasteiger partial charge in [0, 0.05) is 11.0 Å². The maximum absolute atomic E-state index is 11.2. The highest BCUT2D eigenvalue weighted by Crippen LogP contribution is 2.29. The summed E-state index contributed by atoms with van der Waals surface area (Å²) in [6.07, 6.45) is -0.514. The van der Waals surface area contributed by atoms with Crippen LogP contribution in [-0.2, 0) is 4.79 Å². The first-order valence-corrected chi connectivity index (χ1v) is 7.11. The molecule has 0 aliphatic carbocycles. The summed E-state index contributed by atoms with van der Waals surface area (Å²) >= 11 is 3.49. The SMILES string of the molecule is CC(C)CN(CC(N)=O)c1ccc([C@@H](C)O)cc1Br. The fraction of sp³-hybridized carbons (Fsp3) is 0.500. The van der Waals surface area contributed by atoms with Crippen molar-refractivity contribution in [2.24, 2.45) is 11.7 Å². The average Bonchev–Trinajstić information content (AvgIpc) is 2.26. The Morgan fingerprint density at radius 2 is 2.05 bits per heavy atom. The summed E-state index contributed by atoms with van der Waals surface area (Å²) in [5, 5.41) is 9.56. The lowest BCUT2D eigenvalue weighted by Crippen LogP contribution is -2.36. The summed E-state index contributed by atoms with van der Waals surface area (Å²) in [4.78, 5) is 13.1. The highest BCUT2D eigenvalue weighted by molar-refractivity contribution is 9.10. The Morgan fingerprint density at radius 3 is 2.47 bits per heavy atom. The number of halogens is 1. The second kappa shape index (κ2) is 6.91. The highest BCUT2D eigenvalue weighted by atomic mass is 79.9. The van der Waals surface area contributed by atoms with Crippen LogP contribution in [0.25, 0.3) is 0 Å².